The van der Waals surface area contributed by atoms with Gasteiger partial charge in [-0.3, -0.25) is 9.48 Å². The summed E-state index contributed by atoms with van der Waals surface area (Å²) in [5, 5.41) is 12.8. The Bertz CT molecular complexity index is 639. The van der Waals surface area contributed by atoms with Crippen LogP contribution in [0, 0.1) is 11.3 Å². The summed E-state index contributed by atoms with van der Waals surface area (Å²) in [6.07, 6.45) is 3.26. The predicted molar refractivity (Wildman–Crippen MR) is 76.0 cm³/mol. The summed E-state index contributed by atoms with van der Waals surface area (Å²) < 4.78 is 6.82. The molecule has 2 heterocycles. The third-order valence-electron chi connectivity index (χ3n) is 3.08. The number of nitrogens with two attached hydrogens (primary N) is 1. The van der Waals surface area contributed by atoms with Crippen molar-refractivity contribution in [3.8, 4) is 6.07 Å². The van der Waals surface area contributed by atoms with Crippen molar-refractivity contribution in [2.24, 2.45) is 0 Å². The highest BCUT2D eigenvalue weighted by atomic mass is 16.3. The Labute approximate surface area is 122 Å². The standard InChI is InChI=1S/C14H17N5O2/c1-2-19-13(12(16)9-17-19)14(20)18(7-4-6-15)10-11-5-3-8-21-11/h3,5,8-9H,2,4,7,10,16H2,1H3. The van der Waals surface area contributed by atoms with Crippen LogP contribution in [0.2, 0.25) is 0 Å². The molecule has 2 rings (SSSR count). The van der Waals surface area contributed by atoms with Crippen molar-refractivity contribution in [2.75, 3.05) is 12.3 Å². The summed E-state index contributed by atoms with van der Waals surface area (Å²) in [7, 11) is 0. The van der Waals surface area contributed by atoms with Crippen molar-refractivity contribution in [1.29, 1.82) is 5.26 Å². The molecule has 0 spiro atoms. The molecule has 0 unspecified atom stereocenters. The van der Waals surface area contributed by atoms with Crippen molar-refractivity contribution in [3.63, 3.8) is 0 Å². The fourth-order valence-corrected chi connectivity index (χ4v) is 2.05. The molecule has 2 N–H and O–H groups in total. The van der Waals surface area contributed by atoms with Crippen molar-refractivity contribution in [2.45, 2.75) is 26.4 Å². The second kappa shape index (κ2) is 6.61. The molecule has 7 heteroatoms. The lowest BCUT2D eigenvalue weighted by molar-refractivity contribution is 0.0724. The minimum Gasteiger partial charge on any atom is -0.467 e. The number of nitrogens with zero attached hydrogens (tertiary/aromatic N) is 4. The van der Waals surface area contributed by atoms with Crippen molar-refractivity contribution < 1.29 is 9.21 Å². The number of rotatable bonds is 6. The summed E-state index contributed by atoms with van der Waals surface area (Å²) in [5.74, 6) is 0.404. The molecule has 21 heavy (non-hydrogen) atoms. The lowest BCUT2D eigenvalue weighted by Gasteiger charge is -2.21. The topological polar surface area (TPSA) is 101 Å². The number of aryl methyl sites for hydroxylation is 1. The number of hydrogen-bond acceptors (Lipinski definition) is 5. The Hall–Kier alpha value is -2.75. The molecule has 0 saturated carbocycles. The molecule has 0 aromatic carbocycles. The van der Waals surface area contributed by atoms with Gasteiger partial charge in [0.05, 0.1) is 37.2 Å². The van der Waals surface area contributed by atoms with Gasteiger partial charge in [-0.15, -0.1) is 0 Å². The second-order valence-corrected chi connectivity index (χ2v) is 4.48. The van der Waals surface area contributed by atoms with Crippen LogP contribution in [-0.2, 0) is 13.1 Å². The zero-order valence-electron chi connectivity index (χ0n) is 11.8. The fraction of sp³-hybridized carbons (Fsp3) is 0.357. The average Bonchev–Trinajstić information content (AvgIpc) is 3.11. The van der Waals surface area contributed by atoms with Crippen LogP contribution in [0.3, 0.4) is 0 Å². The van der Waals surface area contributed by atoms with E-state index in [1.54, 1.807) is 28.0 Å². The first-order chi connectivity index (χ1) is 10.2. The van der Waals surface area contributed by atoms with E-state index in [1.165, 1.54) is 6.20 Å². The fourth-order valence-electron chi connectivity index (χ4n) is 2.05. The number of amides is 1. The largest absolute Gasteiger partial charge is 0.467 e. The molecule has 110 valence electrons. The number of aromatic nitrogens is 2. The highest BCUT2D eigenvalue weighted by Gasteiger charge is 2.23. The summed E-state index contributed by atoms with van der Waals surface area (Å²) in [6, 6.07) is 5.58. The van der Waals surface area contributed by atoms with Crippen LogP contribution in [0.15, 0.2) is 29.0 Å². The van der Waals surface area contributed by atoms with E-state index in [9.17, 15) is 4.79 Å². The van der Waals surface area contributed by atoms with Crippen LogP contribution in [0.4, 0.5) is 5.69 Å². The average molecular weight is 287 g/mol. The molecule has 7 nitrogen and oxygen atoms in total. The second-order valence-electron chi connectivity index (χ2n) is 4.48. The van der Waals surface area contributed by atoms with Gasteiger partial charge < -0.3 is 15.1 Å². The molecule has 0 atom stereocenters. The predicted octanol–water partition coefficient (Wildman–Crippen LogP) is 1.63. The third-order valence-corrected chi connectivity index (χ3v) is 3.08. The van der Waals surface area contributed by atoms with Gasteiger partial charge in [-0.25, -0.2) is 0 Å². The van der Waals surface area contributed by atoms with Crippen molar-refractivity contribution >= 4 is 11.6 Å². The first-order valence-electron chi connectivity index (χ1n) is 6.67. The Morgan fingerprint density at radius 2 is 2.43 bits per heavy atom. The number of anilines is 1. The van der Waals surface area contributed by atoms with Crippen LogP contribution in [0.1, 0.15) is 29.6 Å². The van der Waals surface area contributed by atoms with E-state index in [0.29, 0.717) is 36.8 Å². The number of carbonyl (C=O) groups is 1. The molecule has 0 aliphatic rings. The number of furan rings is 1. The van der Waals surface area contributed by atoms with Gasteiger partial charge in [0.25, 0.3) is 5.91 Å². The number of nitriles is 1. The van der Waals surface area contributed by atoms with Crippen LogP contribution in [0.25, 0.3) is 0 Å². The maximum atomic E-state index is 12.7. The Morgan fingerprint density at radius 1 is 1.62 bits per heavy atom. The quantitative estimate of drug-likeness (QED) is 0.870. The molecule has 0 aliphatic carbocycles. The van der Waals surface area contributed by atoms with E-state index in [2.05, 4.69) is 5.10 Å². The lowest BCUT2D eigenvalue weighted by atomic mass is 10.2. The molecule has 0 fully saturated rings. The highest BCUT2D eigenvalue weighted by molar-refractivity contribution is 5.97. The molecule has 1 amide bonds. The van der Waals surface area contributed by atoms with Gasteiger partial charge in [0, 0.05) is 13.1 Å². The van der Waals surface area contributed by atoms with Crippen LogP contribution >= 0.6 is 0 Å². The normalized spacial score (nSPS) is 10.3. The van der Waals surface area contributed by atoms with E-state index in [1.807, 2.05) is 13.0 Å². The maximum Gasteiger partial charge on any atom is 0.274 e. The minimum absolute atomic E-state index is 0.243. The molecule has 2 aromatic rings. The molecule has 2 aromatic heterocycles. The number of carbonyl (C=O) groups excluding carboxylic acids is 1. The first kappa shape index (κ1) is 14.7. The summed E-state index contributed by atoms with van der Waals surface area (Å²) in [4.78, 5) is 14.2. The zero-order valence-corrected chi connectivity index (χ0v) is 11.8. The van der Waals surface area contributed by atoms with E-state index in [0.717, 1.165) is 0 Å². The van der Waals surface area contributed by atoms with Gasteiger partial charge in [0.2, 0.25) is 0 Å². The highest BCUT2D eigenvalue weighted by Crippen LogP contribution is 2.16. The molecular formula is C14H17N5O2. The summed E-state index contributed by atoms with van der Waals surface area (Å²) >= 11 is 0. The molecule has 0 radical (unpaired) electrons. The van der Waals surface area contributed by atoms with E-state index in [4.69, 9.17) is 15.4 Å². The van der Waals surface area contributed by atoms with Gasteiger partial charge >= 0.3 is 0 Å². The molecule has 0 saturated heterocycles. The lowest BCUT2D eigenvalue weighted by Crippen LogP contribution is -2.33. The third kappa shape index (κ3) is 3.23. The number of nitrogen functional groups attached to an aromatic ring is 1. The number of hydrogen-bond donors (Lipinski definition) is 1. The van der Waals surface area contributed by atoms with Gasteiger partial charge in [-0.2, -0.15) is 10.4 Å². The van der Waals surface area contributed by atoms with Crippen molar-refractivity contribution in [1.82, 2.24) is 14.7 Å². The minimum atomic E-state index is -0.251. The van der Waals surface area contributed by atoms with E-state index < -0.39 is 0 Å². The summed E-state index contributed by atoms with van der Waals surface area (Å²) in [6.45, 7) is 3.03. The Morgan fingerprint density at radius 3 is 3.05 bits per heavy atom. The van der Waals surface area contributed by atoms with E-state index in [-0.39, 0.29) is 12.3 Å². The van der Waals surface area contributed by atoms with E-state index >= 15 is 0 Å². The molecule has 0 aliphatic heterocycles. The monoisotopic (exact) mass is 287 g/mol. The van der Waals surface area contributed by atoms with Gasteiger partial charge in [0.1, 0.15) is 11.5 Å². The maximum absolute atomic E-state index is 12.7. The van der Waals surface area contributed by atoms with Gasteiger partial charge in [0.15, 0.2) is 0 Å². The summed E-state index contributed by atoms with van der Waals surface area (Å²) in [5.41, 5.74) is 6.52. The van der Waals surface area contributed by atoms with Crippen LogP contribution in [-0.4, -0.2) is 27.1 Å². The van der Waals surface area contributed by atoms with Crippen LogP contribution in [0.5, 0.6) is 0 Å². The van der Waals surface area contributed by atoms with Gasteiger partial charge in [-0.1, -0.05) is 0 Å². The molecule has 0 bridgehead atoms. The Kier molecular flexibility index (Phi) is 4.61. The first-order valence-corrected chi connectivity index (χ1v) is 6.67. The van der Waals surface area contributed by atoms with Gasteiger partial charge in [-0.05, 0) is 19.1 Å². The smallest absolute Gasteiger partial charge is 0.274 e. The Balaban J connectivity index is 2.25. The van der Waals surface area contributed by atoms with Crippen molar-refractivity contribution in [3.05, 3.63) is 36.0 Å². The molecular weight excluding hydrogens is 270 g/mol. The zero-order chi connectivity index (χ0) is 15.2. The van der Waals surface area contributed by atoms with Crippen LogP contribution < -0.4 is 5.73 Å². The SMILES string of the molecule is CCn1ncc(N)c1C(=O)N(CCC#N)Cc1ccco1.